The van der Waals surface area contributed by atoms with Crippen LogP contribution in [0.1, 0.15) is 16.7 Å². The van der Waals surface area contributed by atoms with Gasteiger partial charge in [-0.3, -0.25) is 9.78 Å². The first kappa shape index (κ1) is 13.9. The maximum absolute atomic E-state index is 12.1. The molecule has 0 atom stereocenters. The summed E-state index contributed by atoms with van der Waals surface area (Å²) in [6, 6.07) is 9.71. The summed E-state index contributed by atoms with van der Waals surface area (Å²) in [7, 11) is 0. The molecule has 1 aromatic heterocycles. The molecule has 1 heterocycles. The normalized spacial score (nSPS) is 10.4. The summed E-state index contributed by atoms with van der Waals surface area (Å²) in [5.41, 5.74) is 8.63. The molecule has 0 saturated heterocycles. The highest BCUT2D eigenvalue weighted by Gasteiger charge is 2.08. The second-order valence-corrected chi connectivity index (χ2v) is 5.29. The zero-order valence-corrected chi connectivity index (χ0v) is 12.1. The van der Waals surface area contributed by atoms with E-state index >= 15 is 0 Å². The highest BCUT2D eigenvalue weighted by Crippen LogP contribution is 2.13. The summed E-state index contributed by atoms with van der Waals surface area (Å²) in [6.07, 6.45) is 4.24. The van der Waals surface area contributed by atoms with Gasteiger partial charge in [-0.15, -0.1) is 0 Å². The van der Waals surface area contributed by atoms with Crippen LogP contribution in [-0.2, 0) is 24.2 Å². The van der Waals surface area contributed by atoms with Gasteiger partial charge in [0.25, 0.3) is 0 Å². The second kappa shape index (κ2) is 6.59. The average molecular weight is 319 g/mol. The number of carbonyl (C=O) groups excluding carboxylic acids is 1. The third-order valence-corrected chi connectivity index (χ3v) is 3.32. The van der Waals surface area contributed by atoms with E-state index in [4.69, 9.17) is 5.73 Å². The Morgan fingerprint density at radius 2 is 1.89 bits per heavy atom. The van der Waals surface area contributed by atoms with Crippen molar-refractivity contribution in [3.8, 4) is 0 Å². The Morgan fingerprint density at radius 1 is 1.16 bits per heavy atom. The van der Waals surface area contributed by atoms with Gasteiger partial charge in [0.15, 0.2) is 0 Å². The van der Waals surface area contributed by atoms with E-state index in [1.165, 1.54) is 0 Å². The van der Waals surface area contributed by atoms with Gasteiger partial charge in [-0.1, -0.05) is 24.3 Å². The Morgan fingerprint density at radius 3 is 2.58 bits per heavy atom. The van der Waals surface area contributed by atoms with Gasteiger partial charge in [0.05, 0.1) is 0 Å². The monoisotopic (exact) mass is 318 g/mol. The van der Waals surface area contributed by atoms with E-state index in [1.54, 1.807) is 12.4 Å². The van der Waals surface area contributed by atoms with Crippen LogP contribution < -0.4 is 5.73 Å². The molecular weight excluding hydrogens is 304 g/mol. The fourth-order valence-electron chi connectivity index (χ4n) is 1.98. The number of halogens is 1. The molecule has 0 aliphatic rings. The number of Topliss-reactive ketones (excluding diaryl/α,β-unsaturated/α-hetero) is 1. The quantitative estimate of drug-likeness (QED) is 0.922. The lowest BCUT2D eigenvalue weighted by Crippen LogP contribution is -2.10. The number of hydrogen-bond donors (Lipinski definition) is 1. The molecule has 0 aliphatic heterocycles. The van der Waals surface area contributed by atoms with Gasteiger partial charge in [-0.2, -0.15) is 0 Å². The van der Waals surface area contributed by atoms with Crippen molar-refractivity contribution >= 4 is 21.7 Å². The van der Waals surface area contributed by atoms with Crippen molar-refractivity contribution in [1.82, 2.24) is 4.98 Å². The third-order valence-electron chi connectivity index (χ3n) is 2.89. The number of carbonyl (C=O) groups is 1. The fraction of sp³-hybridized carbons (Fsp3) is 0.200. The van der Waals surface area contributed by atoms with Crippen LogP contribution in [0, 0.1) is 0 Å². The van der Waals surface area contributed by atoms with E-state index < -0.39 is 0 Å². The average Bonchev–Trinajstić information content (AvgIpc) is 2.39. The number of benzene rings is 1. The van der Waals surface area contributed by atoms with Gasteiger partial charge in [-0.25, -0.2) is 0 Å². The molecule has 3 nitrogen and oxygen atoms in total. The van der Waals surface area contributed by atoms with Crippen LogP contribution >= 0.6 is 15.9 Å². The van der Waals surface area contributed by atoms with Crippen LogP contribution in [-0.4, -0.2) is 10.8 Å². The molecule has 0 fully saturated rings. The Hall–Kier alpha value is -1.52. The largest absolute Gasteiger partial charge is 0.326 e. The van der Waals surface area contributed by atoms with Crippen molar-refractivity contribution in [2.45, 2.75) is 19.4 Å². The topological polar surface area (TPSA) is 56.0 Å². The molecule has 0 bridgehead atoms. The predicted molar refractivity (Wildman–Crippen MR) is 78.7 cm³/mol. The summed E-state index contributed by atoms with van der Waals surface area (Å²) in [4.78, 5) is 16.1. The van der Waals surface area contributed by atoms with Crippen molar-refractivity contribution in [2.75, 3.05) is 0 Å². The number of nitrogens with two attached hydrogens (primary N) is 1. The van der Waals surface area contributed by atoms with Gasteiger partial charge in [-0.05, 0) is 38.7 Å². The van der Waals surface area contributed by atoms with Gasteiger partial charge in [0.1, 0.15) is 5.78 Å². The van der Waals surface area contributed by atoms with E-state index in [9.17, 15) is 4.79 Å². The summed E-state index contributed by atoms with van der Waals surface area (Å²) in [6.45, 7) is 0.460. The van der Waals surface area contributed by atoms with Crippen molar-refractivity contribution in [3.05, 3.63) is 63.9 Å². The molecule has 0 saturated carbocycles. The number of aromatic nitrogens is 1. The number of pyridine rings is 1. The van der Waals surface area contributed by atoms with Crippen LogP contribution in [0.4, 0.5) is 0 Å². The molecule has 0 amide bonds. The lowest BCUT2D eigenvalue weighted by atomic mass is 9.99. The third kappa shape index (κ3) is 3.98. The van der Waals surface area contributed by atoms with Crippen molar-refractivity contribution < 1.29 is 4.79 Å². The minimum absolute atomic E-state index is 0.167. The van der Waals surface area contributed by atoms with Gasteiger partial charge >= 0.3 is 0 Å². The zero-order chi connectivity index (χ0) is 13.7. The molecule has 0 aliphatic carbocycles. The molecule has 1 aromatic carbocycles. The molecule has 2 N–H and O–H groups in total. The van der Waals surface area contributed by atoms with E-state index in [1.807, 2.05) is 30.3 Å². The molecule has 0 unspecified atom stereocenters. The molecule has 2 aromatic rings. The number of rotatable bonds is 5. The summed E-state index contributed by atoms with van der Waals surface area (Å²) in [5, 5.41) is 0. The first-order valence-corrected chi connectivity index (χ1v) is 6.86. The highest BCUT2D eigenvalue weighted by molar-refractivity contribution is 9.10. The highest BCUT2D eigenvalue weighted by atomic mass is 79.9. The lowest BCUT2D eigenvalue weighted by Gasteiger charge is -2.07. The fourth-order valence-corrected chi connectivity index (χ4v) is 2.40. The maximum Gasteiger partial charge on any atom is 0.141 e. The Kier molecular flexibility index (Phi) is 4.82. The Bertz CT molecular complexity index is 584. The van der Waals surface area contributed by atoms with Crippen LogP contribution in [0.3, 0.4) is 0 Å². The van der Waals surface area contributed by atoms with E-state index in [0.717, 1.165) is 21.2 Å². The first-order chi connectivity index (χ1) is 9.19. The van der Waals surface area contributed by atoms with Gasteiger partial charge in [0, 0.05) is 36.3 Å². The molecule has 0 spiro atoms. The summed E-state index contributed by atoms with van der Waals surface area (Å²) >= 11 is 3.35. The molecule has 0 radical (unpaired) electrons. The zero-order valence-electron chi connectivity index (χ0n) is 10.5. The van der Waals surface area contributed by atoms with E-state index in [2.05, 4.69) is 20.9 Å². The minimum Gasteiger partial charge on any atom is -0.326 e. The van der Waals surface area contributed by atoms with Crippen LogP contribution in [0.2, 0.25) is 0 Å². The molecule has 2 rings (SSSR count). The Balaban J connectivity index is 2.05. The maximum atomic E-state index is 12.1. The minimum atomic E-state index is 0.167. The van der Waals surface area contributed by atoms with Crippen LogP contribution in [0.25, 0.3) is 0 Å². The predicted octanol–water partition coefficient (Wildman–Crippen LogP) is 2.66. The Labute approximate surface area is 121 Å². The molecule has 19 heavy (non-hydrogen) atoms. The van der Waals surface area contributed by atoms with Crippen LogP contribution in [0.15, 0.2) is 47.2 Å². The van der Waals surface area contributed by atoms with E-state index in [-0.39, 0.29) is 5.78 Å². The van der Waals surface area contributed by atoms with Crippen molar-refractivity contribution in [3.63, 3.8) is 0 Å². The van der Waals surface area contributed by atoms with E-state index in [0.29, 0.717) is 19.4 Å². The lowest BCUT2D eigenvalue weighted by molar-refractivity contribution is -0.117. The first-order valence-electron chi connectivity index (χ1n) is 6.07. The SMILES string of the molecule is NCc1ccccc1CC(=O)Cc1cncc(Br)c1. The number of ketones is 1. The van der Waals surface area contributed by atoms with Crippen molar-refractivity contribution in [1.29, 1.82) is 0 Å². The molecule has 4 heteroatoms. The van der Waals surface area contributed by atoms with Gasteiger partial charge in [0.2, 0.25) is 0 Å². The van der Waals surface area contributed by atoms with Crippen LogP contribution in [0.5, 0.6) is 0 Å². The number of hydrogen-bond acceptors (Lipinski definition) is 3. The molecular formula is C15H15BrN2O. The number of nitrogens with zero attached hydrogens (tertiary/aromatic N) is 1. The second-order valence-electron chi connectivity index (χ2n) is 4.38. The van der Waals surface area contributed by atoms with Gasteiger partial charge < -0.3 is 5.73 Å². The summed E-state index contributed by atoms with van der Waals surface area (Å²) < 4.78 is 0.889. The smallest absolute Gasteiger partial charge is 0.141 e. The molecule has 98 valence electrons. The standard InChI is InChI=1S/C15H15BrN2O/c16-14-5-11(9-18-10-14)6-15(19)7-12-3-1-2-4-13(12)8-17/h1-5,9-10H,6-8,17H2. The van der Waals surface area contributed by atoms with Crippen molar-refractivity contribution in [2.24, 2.45) is 5.73 Å². The summed E-state index contributed by atoms with van der Waals surface area (Å²) in [5.74, 6) is 0.167.